The van der Waals surface area contributed by atoms with Crippen molar-refractivity contribution in [2.75, 3.05) is 4.72 Å². The molecule has 20 heavy (non-hydrogen) atoms. The highest BCUT2D eigenvalue weighted by Crippen LogP contribution is 2.21. The molecule has 0 spiro atoms. The van der Waals surface area contributed by atoms with Gasteiger partial charge in [-0.3, -0.25) is 4.72 Å². The molecule has 1 atom stereocenters. The van der Waals surface area contributed by atoms with Crippen LogP contribution >= 0.6 is 0 Å². The minimum atomic E-state index is -3.70. The van der Waals surface area contributed by atoms with Crippen LogP contribution in [-0.4, -0.2) is 18.5 Å². The number of hydrogen-bond donors (Lipinski definition) is 2. The Kier molecular flexibility index (Phi) is 4.36. The summed E-state index contributed by atoms with van der Waals surface area (Å²) < 4.78 is 26.9. The van der Waals surface area contributed by atoms with Crippen molar-refractivity contribution in [2.24, 2.45) is 0 Å². The van der Waals surface area contributed by atoms with Crippen molar-refractivity contribution >= 4 is 15.8 Å². The number of pyridine rings is 1. The third-order valence-electron chi connectivity index (χ3n) is 2.84. The molecule has 0 amide bonds. The van der Waals surface area contributed by atoms with E-state index in [0.717, 1.165) is 0 Å². The van der Waals surface area contributed by atoms with Gasteiger partial charge in [0.05, 0.1) is 11.0 Å². The van der Waals surface area contributed by atoms with Gasteiger partial charge < -0.3 is 5.11 Å². The molecule has 0 aliphatic rings. The second-order valence-corrected chi connectivity index (χ2v) is 6.00. The van der Waals surface area contributed by atoms with Crippen molar-refractivity contribution in [2.45, 2.75) is 24.3 Å². The lowest BCUT2D eigenvalue weighted by atomic mass is 10.1. The summed E-state index contributed by atoms with van der Waals surface area (Å²) in [4.78, 5) is 4.03. The molecule has 0 saturated heterocycles. The Hall–Kier alpha value is -1.92. The predicted molar refractivity (Wildman–Crippen MR) is 76.7 cm³/mol. The highest BCUT2D eigenvalue weighted by Gasteiger charge is 2.16. The van der Waals surface area contributed by atoms with Crippen LogP contribution in [0.4, 0.5) is 5.82 Å². The highest BCUT2D eigenvalue weighted by atomic mass is 32.2. The first-order chi connectivity index (χ1) is 9.53. The smallest absolute Gasteiger partial charge is 0.263 e. The number of hydrogen-bond acceptors (Lipinski definition) is 4. The van der Waals surface area contributed by atoms with Gasteiger partial charge in [0.15, 0.2) is 0 Å². The van der Waals surface area contributed by atoms with Crippen LogP contribution in [0.3, 0.4) is 0 Å². The van der Waals surface area contributed by atoms with Crippen LogP contribution in [0.2, 0.25) is 0 Å². The van der Waals surface area contributed by atoms with Crippen LogP contribution < -0.4 is 4.72 Å². The van der Waals surface area contributed by atoms with E-state index in [0.29, 0.717) is 12.0 Å². The molecule has 2 aromatic rings. The van der Waals surface area contributed by atoms with Gasteiger partial charge in [0.1, 0.15) is 5.82 Å². The van der Waals surface area contributed by atoms with Gasteiger partial charge in [-0.1, -0.05) is 25.1 Å². The van der Waals surface area contributed by atoms with E-state index in [1.165, 1.54) is 18.3 Å². The first-order valence-electron chi connectivity index (χ1n) is 6.25. The van der Waals surface area contributed by atoms with E-state index < -0.39 is 16.1 Å². The van der Waals surface area contributed by atoms with Gasteiger partial charge in [0.2, 0.25) is 0 Å². The summed E-state index contributed by atoms with van der Waals surface area (Å²) in [7, 11) is -3.70. The van der Waals surface area contributed by atoms with E-state index in [4.69, 9.17) is 0 Å². The van der Waals surface area contributed by atoms with E-state index >= 15 is 0 Å². The molecule has 5 nitrogen and oxygen atoms in total. The van der Waals surface area contributed by atoms with Gasteiger partial charge in [-0.2, -0.15) is 0 Å². The van der Waals surface area contributed by atoms with Crippen LogP contribution in [0.5, 0.6) is 0 Å². The Balaban J connectivity index is 2.30. The van der Waals surface area contributed by atoms with E-state index in [9.17, 15) is 13.5 Å². The minimum absolute atomic E-state index is 0.105. The average molecular weight is 292 g/mol. The number of nitrogens with zero attached hydrogens (tertiary/aromatic N) is 1. The number of rotatable bonds is 5. The number of aliphatic hydroxyl groups is 1. The molecule has 1 aromatic heterocycles. The largest absolute Gasteiger partial charge is 0.388 e. The summed E-state index contributed by atoms with van der Waals surface area (Å²) in [5.74, 6) is 0.258. The van der Waals surface area contributed by atoms with Crippen LogP contribution in [0.15, 0.2) is 53.6 Å². The zero-order chi connectivity index (χ0) is 14.6. The fourth-order valence-electron chi connectivity index (χ4n) is 1.74. The Morgan fingerprint density at radius 3 is 2.70 bits per heavy atom. The van der Waals surface area contributed by atoms with Crippen molar-refractivity contribution in [1.29, 1.82) is 0 Å². The van der Waals surface area contributed by atoms with E-state index in [1.54, 1.807) is 30.3 Å². The number of sulfonamides is 1. The summed E-state index contributed by atoms with van der Waals surface area (Å²) >= 11 is 0. The van der Waals surface area contributed by atoms with Crippen molar-refractivity contribution < 1.29 is 13.5 Å². The second-order valence-electron chi connectivity index (χ2n) is 4.32. The van der Waals surface area contributed by atoms with Crippen LogP contribution in [0, 0.1) is 0 Å². The van der Waals surface area contributed by atoms with Gasteiger partial charge in [-0.25, -0.2) is 13.4 Å². The normalized spacial score (nSPS) is 12.9. The molecule has 0 radical (unpaired) electrons. The molecule has 0 aliphatic carbocycles. The maximum Gasteiger partial charge on any atom is 0.263 e. The van der Waals surface area contributed by atoms with Gasteiger partial charge in [-0.05, 0) is 36.2 Å². The molecule has 1 aromatic carbocycles. The minimum Gasteiger partial charge on any atom is -0.388 e. The van der Waals surface area contributed by atoms with Gasteiger partial charge in [-0.15, -0.1) is 0 Å². The first-order valence-corrected chi connectivity index (χ1v) is 7.73. The van der Waals surface area contributed by atoms with E-state index in [-0.39, 0.29) is 10.7 Å². The van der Waals surface area contributed by atoms with Crippen LogP contribution in [0.1, 0.15) is 25.0 Å². The Labute approximate surface area is 118 Å². The number of aliphatic hydroxyl groups excluding tert-OH is 1. The van der Waals surface area contributed by atoms with Crippen molar-refractivity contribution in [3.63, 3.8) is 0 Å². The molecular weight excluding hydrogens is 276 g/mol. The van der Waals surface area contributed by atoms with E-state index in [2.05, 4.69) is 9.71 Å². The fourth-order valence-corrected chi connectivity index (χ4v) is 2.81. The summed E-state index contributed by atoms with van der Waals surface area (Å²) in [6.45, 7) is 1.83. The molecule has 0 saturated carbocycles. The molecule has 2 rings (SSSR count). The summed E-state index contributed by atoms with van der Waals surface area (Å²) in [6, 6.07) is 11.2. The molecule has 106 valence electrons. The molecule has 1 unspecified atom stereocenters. The third kappa shape index (κ3) is 3.34. The maximum absolute atomic E-state index is 12.2. The molecule has 1 heterocycles. The Bertz CT molecular complexity index is 672. The zero-order valence-corrected chi connectivity index (χ0v) is 11.8. The molecule has 0 fully saturated rings. The SMILES string of the molecule is CCC(O)c1cccc(S(=O)(=O)Nc2ccccn2)c1. The molecular formula is C14H16N2O3S. The van der Waals surface area contributed by atoms with E-state index in [1.807, 2.05) is 6.92 Å². The molecule has 6 heteroatoms. The standard InChI is InChI=1S/C14H16N2O3S/c1-2-13(17)11-6-5-7-12(10-11)20(18,19)16-14-8-3-4-9-15-14/h3-10,13,17H,2H2,1H3,(H,15,16). The summed E-state index contributed by atoms with van der Waals surface area (Å²) in [6.07, 6.45) is 1.37. The number of anilines is 1. The van der Waals surface area contributed by atoms with Gasteiger partial charge >= 0.3 is 0 Å². The lowest BCUT2D eigenvalue weighted by molar-refractivity contribution is 0.173. The molecule has 0 aliphatic heterocycles. The number of nitrogens with one attached hydrogen (secondary N) is 1. The molecule has 0 bridgehead atoms. The molecule has 2 N–H and O–H groups in total. The third-order valence-corrected chi connectivity index (χ3v) is 4.20. The number of aromatic nitrogens is 1. The average Bonchev–Trinajstić information content (AvgIpc) is 2.47. The summed E-state index contributed by atoms with van der Waals surface area (Å²) in [5.41, 5.74) is 0.580. The van der Waals surface area contributed by atoms with Crippen LogP contribution in [-0.2, 0) is 10.0 Å². The Morgan fingerprint density at radius 2 is 2.05 bits per heavy atom. The monoisotopic (exact) mass is 292 g/mol. The van der Waals surface area contributed by atoms with Gasteiger partial charge in [0.25, 0.3) is 10.0 Å². The topological polar surface area (TPSA) is 79.3 Å². The fraction of sp³-hybridized carbons (Fsp3) is 0.214. The zero-order valence-electron chi connectivity index (χ0n) is 11.0. The predicted octanol–water partition coefficient (Wildman–Crippen LogP) is 2.33. The lowest BCUT2D eigenvalue weighted by Gasteiger charge is -2.11. The summed E-state index contributed by atoms with van der Waals surface area (Å²) in [5, 5.41) is 9.78. The van der Waals surface area contributed by atoms with Crippen LogP contribution in [0.25, 0.3) is 0 Å². The quantitative estimate of drug-likeness (QED) is 0.886. The first kappa shape index (κ1) is 14.5. The maximum atomic E-state index is 12.2. The van der Waals surface area contributed by atoms with Crippen molar-refractivity contribution in [3.05, 3.63) is 54.2 Å². The van der Waals surface area contributed by atoms with Gasteiger partial charge in [0, 0.05) is 6.20 Å². The number of benzene rings is 1. The van der Waals surface area contributed by atoms with Crippen molar-refractivity contribution in [1.82, 2.24) is 4.98 Å². The van der Waals surface area contributed by atoms with Crippen molar-refractivity contribution in [3.8, 4) is 0 Å². The highest BCUT2D eigenvalue weighted by molar-refractivity contribution is 7.92. The Morgan fingerprint density at radius 1 is 1.25 bits per heavy atom. The second kappa shape index (κ2) is 6.02. The lowest BCUT2D eigenvalue weighted by Crippen LogP contribution is -2.14.